The molecule has 0 aliphatic carbocycles. The number of rotatable bonds is 4. The largest absolute Gasteiger partial charge is 0.381 e. The van der Waals surface area contributed by atoms with Crippen LogP contribution < -0.4 is 0 Å². The van der Waals surface area contributed by atoms with Gasteiger partial charge in [-0.05, 0) is 57.8 Å². The van der Waals surface area contributed by atoms with Crippen LogP contribution in [0.3, 0.4) is 0 Å². The SMILES string of the molecule is Cc1nc(-n2c(C)nc3ccccc32)nc2c1nc(CN1CCC(C3COC3)CC1)n2C. The van der Waals surface area contributed by atoms with Gasteiger partial charge in [-0.3, -0.25) is 9.47 Å². The summed E-state index contributed by atoms with van der Waals surface area (Å²) in [5, 5.41) is 0. The molecule has 0 bridgehead atoms. The van der Waals surface area contributed by atoms with Crippen molar-refractivity contribution in [2.75, 3.05) is 26.3 Å². The van der Waals surface area contributed by atoms with E-state index >= 15 is 0 Å². The molecular formula is C24H29N7O. The Morgan fingerprint density at radius 2 is 1.75 bits per heavy atom. The third-order valence-electron chi connectivity index (χ3n) is 7.23. The molecule has 0 unspecified atom stereocenters. The first kappa shape index (κ1) is 19.8. The quantitative estimate of drug-likeness (QED) is 0.494. The zero-order valence-electron chi connectivity index (χ0n) is 19.0. The van der Waals surface area contributed by atoms with E-state index in [1.807, 2.05) is 36.6 Å². The summed E-state index contributed by atoms with van der Waals surface area (Å²) in [4.78, 5) is 21.9. The van der Waals surface area contributed by atoms with Crippen LogP contribution in [0, 0.1) is 25.7 Å². The first-order chi connectivity index (χ1) is 15.6. The fourth-order valence-electron chi connectivity index (χ4n) is 5.18. The Balaban J connectivity index is 1.30. The molecule has 2 aliphatic heterocycles. The van der Waals surface area contributed by atoms with Crippen molar-refractivity contribution in [2.24, 2.45) is 18.9 Å². The van der Waals surface area contributed by atoms with Crippen LogP contribution in [0.4, 0.5) is 0 Å². The predicted molar refractivity (Wildman–Crippen MR) is 123 cm³/mol. The highest BCUT2D eigenvalue weighted by Crippen LogP contribution is 2.30. The molecule has 0 spiro atoms. The number of likely N-dealkylation sites (tertiary alicyclic amines) is 1. The smallest absolute Gasteiger partial charge is 0.237 e. The third-order valence-corrected chi connectivity index (χ3v) is 7.23. The van der Waals surface area contributed by atoms with Gasteiger partial charge in [0.2, 0.25) is 5.95 Å². The molecule has 8 nitrogen and oxygen atoms in total. The van der Waals surface area contributed by atoms with Gasteiger partial charge < -0.3 is 9.30 Å². The van der Waals surface area contributed by atoms with Gasteiger partial charge in [0.15, 0.2) is 5.65 Å². The number of hydrogen-bond donors (Lipinski definition) is 0. The Bertz CT molecular complexity index is 1290. The topological polar surface area (TPSA) is 73.9 Å². The number of aryl methyl sites for hydroxylation is 3. The molecule has 0 saturated carbocycles. The maximum Gasteiger partial charge on any atom is 0.237 e. The van der Waals surface area contributed by atoms with E-state index in [1.54, 1.807) is 0 Å². The first-order valence-corrected chi connectivity index (χ1v) is 11.5. The molecular weight excluding hydrogens is 402 g/mol. The van der Waals surface area contributed by atoms with Crippen molar-refractivity contribution in [1.29, 1.82) is 0 Å². The Morgan fingerprint density at radius 1 is 0.969 bits per heavy atom. The lowest BCUT2D eigenvalue weighted by Crippen LogP contribution is -2.42. The highest BCUT2D eigenvalue weighted by atomic mass is 16.5. The highest BCUT2D eigenvalue weighted by Gasteiger charge is 2.31. The van der Waals surface area contributed by atoms with E-state index in [9.17, 15) is 0 Å². The zero-order valence-corrected chi connectivity index (χ0v) is 19.0. The van der Waals surface area contributed by atoms with E-state index in [0.717, 1.165) is 84.2 Å². The maximum absolute atomic E-state index is 5.39. The molecule has 32 heavy (non-hydrogen) atoms. The van der Waals surface area contributed by atoms with Gasteiger partial charge in [-0.2, -0.15) is 4.98 Å². The number of hydrogen-bond acceptors (Lipinski definition) is 6. The van der Waals surface area contributed by atoms with Crippen LogP contribution in [0.1, 0.15) is 30.2 Å². The fraction of sp³-hybridized carbons (Fsp3) is 0.500. The van der Waals surface area contributed by atoms with Crippen LogP contribution in [0.15, 0.2) is 24.3 Å². The van der Waals surface area contributed by atoms with Crippen molar-refractivity contribution < 1.29 is 4.74 Å². The van der Waals surface area contributed by atoms with Gasteiger partial charge in [0, 0.05) is 13.0 Å². The molecule has 2 fully saturated rings. The molecule has 0 N–H and O–H groups in total. The van der Waals surface area contributed by atoms with Crippen molar-refractivity contribution in [3.63, 3.8) is 0 Å². The number of nitrogens with zero attached hydrogens (tertiary/aromatic N) is 7. The second-order valence-electron chi connectivity index (χ2n) is 9.26. The normalized spacial score (nSPS) is 18.6. The number of fused-ring (bicyclic) bond motifs is 2. The van der Waals surface area contributed by atoms with Crippen LogP contribution >= 0.6 is 0 Å². The molecule has 5 heterocycles. The molecule has 0 radical (unpaired) electrons. The van der Waals surface area contributed by atoms with E-state index in [4.69, 9.17) is 19.7 Å². The molecule has 0 atom stereocenters. The Labute approximate surface area is 187 Å². The number of aromatic nitrogens is 6. The second-order valence-corrected chi connectivity index (χ2v) is 9.26. The van der Waals surface area contributed by atoms with Gasteiger partial charge in [-0.1, -0.05) is 12.1 Å². The highest BCUT2D eigenvalue weighted by molar-refractivity contribution is 5.79. The standard InChI is InChI=1S/C24H29N7O/c1-15-22-23(28-24(25-15)31-16(2)26-19-6-4-5-7-20(19)31)29(3)21(27-22)12-30-10-8-17(9-11-30)18-13-32-14-18/h4-7,17-18H,8-14H2,1-3H3. The molecule has 2 saturated heterocycles. The summed E-state index contributed by atoms with van der Waals surface area (Å²) in [7, 11) is 2.07. The Morgan fingerprint density at radius 3 is 2.50 bits per heavy atom. The minimum absolute atomic E-state index is 0.652. The third kappa shape index (κ3) is 3.20. The average molecular weight is 432 g/mol. The van der Waals surface area contributed by atoms with Gasteiger partial charge >= 0.3 is 0 Å². The van der Waals surface area contributed by atoms with E-state index in [2.05, 4.69) is 27.6 Å². The average Bonchev–Trinajstić information content (AvgIpc) is 3.25. The van der Waals surface area contributed by atoms with Crippen LogP contribution in [-0.2, 0) is 18.3 Å². The minimum Gasteiger partial charge on any atom is -0.381 e. The Hall–Kier alpha value is -2.84. The van der Waals surface area contributed by atoms with Crippen molar-refractivity contribution in [3.05, 3.63) is 41.6 Å². The first-order valence-electron chi connectivity index (χ1n) is 11.5. The summed E-state index contributed by atoms with van der Waals surface area (Å²) in [6, 6.07) is 8.11. The second kappa shape index (κ2) is 7.64. The van der Waals surface area contributed by atoms with Crippen molar-refractivity contribution in [2.45, 2.75) is 33.2 Å². The maximum atomic E-state index is 5.39. The van der Waals surface area contributed by atoms with Gasteiger partial charge in [0.25, 0.3) is 0 Å². The monoisotopic (exact) mass is 431 g/mol. The van der Waals surface area contributed by atoms with Crippen molar-refractivity contribution in [1.82, 2.24) is 34.0 Å². The summed E-state index contributed by atoms with van der Waals surface area (Å²) in [6.07, 6.45) is 2.52. The number of benzene rings is 1. The van der Waals surface area contributed by atoms with Gasteiger partial charge in [-0.25, -0.2) is 15.0 Å². The van der Waals surface area contributed by atoms with E-state index < -0.39 is 0 Å². The zero-order chi connectivity index (χ0) is 21.8. The molecule has 1 aromatic carbocycles. The lowest BCUT2D eigenvalue weighted by molar-refractivity contribution is -0.0727. The summed E-state index contributed by atoms with van der Waals surface area (Å²) in [5.74, 6) is 4.19. The van der Waals surface area contributed by atoms with Gasteiger partial charge in [-0.15, -0.1) is 0 Å². The summed E-state index contributed by atoms with van der Waals surface area (Å²) in [6.45, 7) is 9.04. The van der Waals surface area contributed by atoms with Crippen LogP contribution in [0.2, 0.25) is 0 Å². The lowest BCUT2D eigenvalue weighted by atomic mass is 9.83. The van der Waals surface area contributed by atoms with E-state index in [0.29, 0.717) is 5.95 Å². The number of imidazole rings is 2. The molecule has 3 aromatic heterocycles. The molecule has 6 rings (SSSR count). The number of piperidine rings is 1. The van der Waals surface area contributed by atoms with Crippen molar-refractivity contribution in [3.8, 4) is 5.95 Å². The van der Waals surface area contributed by atoms with Crippen LogP contribution in [0.25, 0.3) is 28.1 Å². The van der Waals surface area contributed by atoms with Crippen molar-refractivity contribution >= 4 is 22.2 Å². The number of ether oxygens (including phenoxy) is 1. The number of para-hydroxylation sites is 2. The van der Waals surface area contributed by atoms with Gasteiger partial charge in [0.1, 0.15) is 17.2 Å². The minimum atomic E-state index is 0.652. The van der Waals surface area contributed by atoms with E-state index in [1.165, 1.54) is 12.8 Å². The predicted octanol–water partition coefficient (Wildman–Crippen LogP) is 3.18. The molecule has 166 valence electrons. The lowest BCUT2D eigenvalue weighted by Gasteiger charge is -2.39. The summed E-state index contributed by atoms with van der Waals surface area (Å²) < 4.78 is 9.56. The fourth-order valence-corrected chi connectivity index (χ4v) is 5.18. The molecule has 2 aliphatic rings. The Kier molecular flexibility index (Phi) is 4.73. The van der Waals surface area contributed by atoms with E-state index in [-0.39, 0.29) is 0 Å². The molecule has 4 aromatic rings. The van der Waals surface area contributed by atoms with Crippen LogP contribution in [0.5, 0.6) is 0 Å². The summed E-state index contributed by atoms with van der Waals surface area (Å²) in [5.41, 5.74) is 4.63. The molecule has 0 amide bonds. The summed E-state index contributed by atoms with van der Waals surface area (Å²) >= 11 is 0. The van der Waals surface area contributed by atoms with Crippen LogP contribution in [-0.4, -0.2) is 60.3 Å². The van der Waals surface area contributed by atoms with Gasteiger partial charge in [0.05, 0.1) is 36.5 Å². The molecule has 8 heteroatoms.